The van der Waals surface area contributed by atoms with Crippen LogP contribution in [0.15, 0.2) is 60.7 Å². The van der Waals surface area contributed by atoms with E-state index in [1.165, 1.54) is 5.56 Å². The summed E-state index contributed by atoms with van der Waals surface area (Å²) >= 11 is 0. The van der Waals surface area contributed by atoms with Gasteiger partial charge in [-0.3, -0.25) is 9.69 Å². The summed E-state index contributed by atoms with van der Waals surface area (Å²) in [6.07, 6.45) is 0.539. The van der Waals surface area contributed by atoms with E-state index in [4.69, 9.17) is 0 Å². The van der Waals surface area contributed by atoms with E-state index >= 15 is 0 Å². The first-order valence-corrected chi connectivity index (χ1v) is 8.30. The standard InChI is InChI=1S/C20H24N2O/c1-21-12-14-22(15-13-21)19(17-8-4-2-5-9-17)16-20(23)18-10-6-3-7-11-18/h2-11,19H,12-16H2,1H3. The minimum absolute atomic E-state index is 0.164. The summed E-state index contributed by atoms with van der Waals surface area (Å²) in [6.45, 7) is 4.14. The van der Waals surface area contributed by atoms with Crippen LogP contribution >= 0.6 is 0 Å². The van der Waals surface area contributed by atoms with Crippen molar-refractivity contribution in [3.63, 3.8) is 0 Å². The summed E-state index contributed by atoms with van der Waals surface area (Å²) in [7, 11) is 2.16. The molecule has 1 fully saturated rings. The van der Waals surface area contributed by atoms with Gasteiger partial charge in [0.05, 0.1) is 0 Å². The molecule has 3 rings (SSSR count). The molecule has 1 saturated heterocycles. The molecular formula is C20H24N2O. The fourth-order valence-electron chi connectivity index (χ4n) is 3.18. The van der Waals surface area contributed by atoms with Crippen LogP contribution in [0.1, 0.15) is 28.4 Å². The average Bonchev–Trinajstić information content (AvgIpc) is 2.62. The van der Waals surface area contributed by atoms with E-state index in [1.54, 1.807) is 0 Å². The largest absolute Gasteiger partial charge is 0.304 e. The average molecular weight is 308 g/mol. The summed E-state index contributed by atoms with van der Waals surface area (Å²) in [5.41, 5.74) is 2.05. The quantitative estimate of drug-likeness (QED) is 0.792. The molecule has 2 aromatic rings. The van der Waals surface area contributed by atoms with E-state index in [0.29, 0.717) is 6.42 Å². The van der Waals surface area contributed by atoms with Crippen LogP contribution in [-0.4, -0.2) is 48.8 Å². The SMILES string of the molecule is CN1CCN(C(CC(=O)c2ccccc2)c2ccccc2)CC1. The van der Waals surface area contributed by atoms with Crippen LogP contribution in [0.3, 0.4) is 0 Å². The van der Waals surface area contributed by atoms with Crippen molar-refractivity contribution in [3.05, 3.63) is 71.8 Å². The number of piperazine rings is 1. The minimum Gasteiger partial charge on any atom is -0.304 e. The number of Topliss-reactive ketones (excluding diaryl/α,β-unsaturated/α-hetero) is 1. The van der Waals surface area contributed by atoms with Crippen LogP contribution in [-0.2, 0) is 0 Å². The second-order valence-electron chi connectivity index (χ2n) is 6.26. The zero-order chi connectivity index (χ0) is 16.1. The zero-order valence-corrected chi connectivity index (χ0v) is 13.7. The van der Waals surface area contributed by atoms with Gasteiger partial charge in [-0.2, -0.15) is 0 Å². The third-order valence-corrected chi connectivity index (χ3v) is 4.64. The van der Waals surface area contributed by atoms with E-state index < -0.39 is 0 Å². The van der Waals surface area contributed by atoms with Gasteiger partial charge >= 0.3 is 0 Å². The van der Waals surface area contributed by atoms with Gasteiger partial charge in [0.15, 0.2) is 5.78 Å². The van der Waals surface area contributed by atoms with E-state index in [0.717, 1.165) is 31.7 Å². The summed E-state index contributed by atoms with van der Waals surface area (Å²) < 4.78 is 0. The number of hydrogen-bond acceptors (Lipinski definition) is 3. The van der Waals surface area contributed by atoms with Gasteiger partial charge in [-0.05, 0) is 12.6 Å². The van der Waals surface area contributed by atoms with E-state index in [2.05, 4.69) is 41.1 Å². The van der Waals surface area contributed by atoms with Crippen LogP contribution in [0.25, 0.3) is 0 Å². The number of rotatable bonds is 5. The Labute approximate surface area is 138 Å². The lowest BCUT2D eigenvalue weighted by molar-refractivity contribution is 0.0822. The second kappa shape index (κ2) is 7.53. The highest BCUT2D eigenvalue weighted by atomic mass is 16.1. The third kappa shape index (κ3) is 4.06. The summed E-state index contributed by atoms with van der Waals surface area (Å²) in [5.74, 6) is 0.221. The Kier molecular flexibility index (Phi) is 5.21. The fraction of sp³-hybridized carbons (Fsp3) is 0.350. The molecule has 0 radical (unpaired) electrons. The highest BCUT2D eigenvalue weighted by Crippen LogP contribution is 2.27. The van der Waals surface area contributed by atoms with Crippen LogP contribution in [0.2, 0.25) is 0 Å². The predicted octanol–water partition coefficient (Wildman–Crippen LogP) is 3.25. The molecule has 0 spiro atoms. The maximum atomic E-state index is 12.7. The number of likely N-dealkylation sites (N-methyl/N-ethyl adjacent to an activating group) is 1. The van der Waals surface area contributed by atoms with Gasteiger partial charge in [0.25, 0.3) is 0 Å². The molecular weight excluding hydrogens is 284 g/mol. The van der Waals surface area contributed by atoms with E-state index in [9.17, 15) is 4.79 Å². The highest BCUT2D eigenvalue weighted by Gasteiger charge is 2.26. The molecule has 3 heteroatoms. The highest BCUT2D eigenvalue weighted by molar-refractivity contribution is 5.96. The first kappa shape index (κ1) is 15.9. The Balaban J connectivity index is 1.79. The van der Waals surface area contributed by atoms with Crippen molar-refractivity contribution in [3.8, 4) is 0 Å². The lowest BCUT2D eigenvalue weighted by Crippen LogP contribution is -2.46. The predicted molar refractivity (Wildman–Crippen MR) is 93.6 cm³/mol. The maximum absolute atomic E-state index is 12.7. The fourth-order valence-corrected chi connectivity index (χ4v) is 3.18. The van der Waals surface area contributed by atoms with Crippen molar-refractivity contribution >= 4 is 5.78 Å². The topological polar surface area (TPSA) is 23.6 Å². The first-order chi connectivity index (χ1) is 11.2. The maximum Gasteiger partial charge on any atom is 0.164 e. The van der Waals surface area contributed by atoms with Gasteiger partial charge in [-0.15, -0.1) is 0 Å². The minimum atomic E-state index is 0.164. The van der Waals surface area contributed by atoms with Crippen LogP contribution < -0.4 is 0 Å². The number of carbonyl (C=O) groups is 1. The molecule has 1 unspecified atom stereocenters. The molecule has 23 heavy (non-hydrogen) atoms. The van der Waals surface area contributed by atoms with Crippen LogP contribution in [0.5, 0.6) is 0 Å². The van der Waals surface area contributed by atoms with Crippen LogP contribution in [0.4, 0.5) is 0 Å². The monoisotopic (exact) mass is 308 g/mol. The van der Waals surface area contributed by atoms with Crippen molar-refractivity contribution in [2.75, 3.05) is 33.2 Å². The van der Waals surface area contributed by atoms with E-state index in [-0.39, 0.29) is 11.8 Å². The van der Waals surface area contributed by atoms with Gasteiger partial charge in [0.1, 0.15) is 0 Å². The van der Waals surface area contributed by atoms with Crippen LogP contribution in [0, 0.1) is 0 Å². The molecule has 0 N–H and O–H groups in total. The molecule has 0 amide bonds. The Morgan fingerprint density at radius 2 is 1.48 bits per heavy atom. The molecule has 0 aliphatic carbocycles. The lowest BCUT2D eigenvalue weighted by atomic mass is 9.96. The molecule has 2 aromatic carbocycles. The Morgan fingerprint density at radius 1 is 0.913 bits per heavy atom. The molecule has 0 saturated carbocycles. The zero-order valence-electron chi connectivity index (χ0n) is 13.7. The first-order valence-electron chi connectivity index (χ1n) is 8.30. The summed E-state index contributed by atoms with van der Waals surface area (Å²) in [5, 5.41) is 0. The molecule has 0 bridgehead atoms. The number of ketones is 1. The normalized spacial score (nSPS) is 17.8. The molecule has 1 atom stereocenters. The molecule has 3 nitrogen and oxygen atoms in total. The number of hydrogen-bond donors (Lipinski definition) is 0. The number of nitrogens with zero attached hydrogens (tertiary/aromatic N) is 2. The van der Waals surface area contributed by atoms with Crippen molar-refractivity contribution in [1.29, 1.82) is 0 Å². The Bertz CT molecular complexity index is 619. The molecule has 1 heterocycles. The molecule has 120 valence electrons. The summed E-state index contributed by atoms with van der Waals surface area (Å²) in [4.78, 5) is 17.5. The van der Waals surface area contributed by atoms with Crippen molar-refractivity contribution in [1.82, 2.24) is 9.80 Å². The Morgan fingerprint density at radius 3 is 2.09 bits per heavy atom. The smallest absolute Gasteiger partial charge is 0.164 e. The molecule has 1 aliphatic heterocycles. The van der Waals surface area contributed by atoms with Crippen molar-refractivity contribution in [2.45, 2.75) is 12.5 Å². The molecule has 1 aliphatic rings. The number of carbonyl (C=O) groups excluding carboxylic acids is 1. The van der Waals surface area contributed by atoms with Gasteiger partial charge in [0, 0.05) is 44.2 Å². The van der Waals surface area contributed by atoms with Gasteiger partial charge in [0.2, 0.25) is 0 Å². The third-order valence-electron chi connectivity index (χ3n) is 4.64. The second-order valence-corrected chi connectivity index (χ2v) is 6.26. The molecule has 0 aromatic heterocycles. The van der Waals surface area contributed by atoms with Crippen molar-refractivity contribution in [2.24, 2.45) is 0 Å². The van der Waals surface area contributed by atoms with Crippen molar-refractivity contribution < 1.29 is 4.79 Å². The lowest BCUT2D eigenvalue weighted by Gasteiger charge is -2.38. The van der Waals surface area contributed by atoms with Gasteiger partial charge < -0.3 is 4.90 Å². The number of benzene rings is 2. The Hall–Kier alpha value is -1.97. The van der Waals surface area contributed by atoms with E-state index in [1.807, 2.05) is 36.4 Å². The van der Waals surface area contributed by atoms with Gasteiger partial charge in [-0.1, -0.05) is 60.7 Å². The summed E-state index contributed by atoms with van der Waals surface area (Å²) in [6, 6.07) is 20.2. The van der Waals surface area contributed by atoms with Gasteiger partial charge in [-0.25, -0.2) is 0 Å².